The maximum atomic E-state index is 5.29. The molecular weight excluding hydrogens is 158 g/mol. The van der Waals surface area contributed by atoms with Crippen LogP contribution in [0.4, 0.5) is 5.13 Å². The molecule has 1 aromatic rings. The van der Waals surface area contributed by atoms with Crippen LogP contribution in [0.5, 0.6) is 0 Å². The van der Waals surface area contributed by atoms with Gasteiger partial charge in [0.2, 0.25) is 0 Å². The van der Waals surface area contributed by atoms with Crippen molar-refractivity contribution in [3.8, 4) is 12.3 Å². The first-order valence-corrected chi connectivity index (χ1v) is 4.11. The summed E-state index contributed by atoms with van der Waals surface area (Å²) < 4.78 is 0. The molecule has 0 atom stereocenters. The van der Waals surface area contributed by atoms with Crippen LogP contribution in [0.2, 0.25) is 0 Å². The van der Waals surface area contributed by atoms with Crippen LogP contribution < -0.4 is 11.1 Å². The number of hydrogen-bond acceptors (Lipinski definition) is 4. The molecule has 0 aliphatic rings. The number of nitrogens with two attached hydrogens (primary N) is 1. The fourth-order valence-corrected chi connectivity index (χ4v) is 1.28. The number of thiazole rings is 1. The maximum Gasteiger partial charge on any atom is 0.183 e. The summed E-state index contributed by atoms with van der Waals surface area (Å²) >= 11 is 1.49. The topological polar surface area (TPSA) is 50.9 Å². The van der Waals surface area contributed by atoms with Crippen molar-refractivity contribution in [3.63, 3.8) is 0 Å². The van der Waals surface area contributed by atoms with Gasteiger partial charge in [-0.25, -0.2) is 4.98 Å². The van der Waals surface area contributed by atoms with E-state index in [-0.39, 0.29) is 0 Å². The second kappa shape index (κ2) is 3.96. The summed E-state index contributed by atoms with van der Waals surface area (Å²) in [6, 6.07) is 0. The summed E-state index contributed by atoms with van der Waals surface area (Å²) in [5.74, 6) is 2.45. The lowest BCUT2D eigenvalue weighted by Crippen LogP contribution is -2.12. The Morgan fingerprint density at radius 1 is 1.82 bits per heavy atom. The van der Waals surface area contributed by atoms with Gasteiger partial charge in [-0.1, -0.05) is 0 Å². The van der Waals surface area contributed by atoms with Gasteiger partial charge in [-0.05, 0) is 5.92 Å². The number of hydrogen-bond donors (Lipinski definition) is 2. The van der Waals surface area contributed by atoms with E-state index in [1.165, 1.54) is 11.3 Å². The predicted molar refractivity (Wildman–Crippen MR) is 47.6 cm³/mol. The minimum Gasteiger partial charge on any atom is -0.360 e. The number of nitrogens with one attached hydrogen (secondary N) is 1. The molecule has 11 heavy (non-hydrogen) atoms. The number of anilines is 1. The van der Waals surface area contributed by atoms with E-state index in [2.05, 4.69) is 16.2 Å². The highest BCUT2D eigenvalue weighted by Crippen LogP contribution is 2.13. The van der Waals surface area contributed by atoms with Gasteiger partial charge >= 0.3 is 0 Å². The second-order valence-electron chi connectivity index (χ2n) is 1.90. The minimum absolute atomic E-state index is 0.602. The van der Waals surface area contributed by atoms with Gasteiger partial charge in [0.25, 0.3) is 0 Å². The zero-order valence-corrected chi connectivity index (χ0v) is 6.82. The van der Waals surface area contributed by atoms with Crippen LogP contribution in [0.1, 0.15) is 5.69 Å². The molecule has 0 fully saturated rings. The Bertz CT molecular complexity index is 261. The third-order valence-corrected chi connectivity index (χ3v) is 1.87. The van der Waals surface area contributed by atoms with Crippen molar-refractivity contribution in [2.24, 2.45) is 5.73 Å². The number of aromatic nitrogens is 1. The van der Waals surface area contributed by atoms with Gasteiger partial charge < -0.3 is 11.1 Å². The van der Waals surface area contributed by atoms with Crippen LogP contribution in [-0.4, -0.2) is 18.1 Å². The first kappa shape index (κ1) is 8.05. The first-order chi connectivity index (χ1) is 5.36. The third-order valence-electron chi connectivity index (χ3n) is 1.07. The smallest absolute Gasteiger partial charge is 0.183 e. The van der Waals surface area contributed by atoms with E-state index in [9.17, 15) is 0 Å². The van der Waals surface area contributed by atoms with E-state index >= 15 is 0 Å². The van der Waals surface area contributed by atoms with Crippen LogP contribution in [0.25, 0.3) is 0 Å². The molecule has 0 bridgehead atoms. The molecule has 0 aliphatic carbocycles. The summed E-state index contributed by atoms with van der Waals surface area (Å²) in [5, 5.41) is 5.70. The normalized spacial score (nSPS) is 9.09. The minimum atomic E-state index is 0.602. The highest BCUT2D eigenvalue weighted by Gasteiger charge is 1.96. The molecule has 0 saturated heterocycles. The Labute approximate surface area is 69.6 Å². The van der Waals surface area contributed by atoms with Gasteiger partial charge in [0.15, 0.2) is 5.13 Å². The maximum absolute atomic E-state index is 5.29. The van der Waals surface area contributed by atoms with Crippen LogP contribution in [0.3, 0.4) is 0 Å². The lowest BCUT2D eigenvalue weighted by atomic mass is 10.5. The molecule has 0 radical (unpaired) electrons. The largest absolute Gasteiger partial charge is 0.360 e. The number of nitrogens with zero attached hydrogens (tertiary/aromatic N) is 1. The van der Waals surface area contributed by atoms with E-state index in [4.69, 9.17) is 12.2 Å². The molecule has 1 rings (SSSR count). The van der Waals surface area contributed by atoms with E-state index in [1.54, 1.807) is 0 Å². The van der Waals surface area contributed by atoms with Crippen molar-refractivity contribution >= 4 is 16.5 Å². The Morgan fingerprint density at radius 2 is 2.64 bits per heavy atom. The first-order valence-electron chi connectivity index (χ1n) is 3.23. The lowest BCUT2D eigenvalue weighted by molar-refractivity contribution is 1.02. The molecule has 0 aliphatic heterocycles. The number of terminal acetylenes is 1. The zero-order chi connectivity index (χ0) is 8.10. The zero-order valence-electron chi connectivity index (χ0n) is 6.00. The van der Waals surface area contributed by atoms with E-state index < -0.39 is 0 Å². The Morgan fingerprint density at radius 3 is 3.18 bits per heavy atom. The predicted octanol–water partition coefficient (Wildman–Crippen LogP) is 0.495. The van der Waals surface area contributed by atoms with E-state index in [1.807, 2.05) is 5.38 Å². The van der Waals surface area contributed by atoms with E-state index in [0.29, 0.717) is 12.2 Å². The van der Waals surface area contributed by atoms with E-state index in [0.717, 1.165) is 11.7 Å². The van der Waals surface area contributed by atoms with Crippen molar-refractivity contribution in [2.45, 2.75) is 0 Å². The summed E-state index contributed by atoms with van der Waals surface area (Å²) in [4.78, 5) is 4.08. The lowest BCUT2D eigenvalue weighted by Gasteiger charge is -1.96. The van der Waals surface area contributed by atoms with Crippen LogP contribution in [0, 0.1) is 12.3 Å². The molecule has 0 spiro atoms. The van der Waals surface area contributed by atoms with Gasteiger partial charge in [-0.3, -0.25) is 0 Å². The fraction of sp³-hybridized carbons (Fsp3) is 0.286. The average Bonchev–Trinajstić information content (AvgIpc) is 2.48. The summed E-state index contributed by atoms with van der Waals surface area (Å²) in [6.45, 7) is 1.34. The van der Waals surface area contributed by atoms with Crippen molar-refractivity contribution < 1.29 is 0 Å². The number of rotatable bonds is 3. The van der Waals surface area contributed by atoms with Crippen molar-refractivity contribution in [3.05, 3.63) is 11.1 Å². The monoisotopic (exact) mass is 167 g/mol. The summed E-state index contributed by atoms with van der Waals surface area (Å²) in [7, 11) is 0. The quantitative estimate of drug-likeness (QED) is 0.644. The van der Waals surface area contributed by atoms with Gasteiger partial charge in [-0.2, -0.15) is 0 Å². The van der Waals surface area contributed by atoms with Gasteiger partial charge in [-0.15, -0.1) is 17.8 Å². The average molecular weight is 167 g/mol. The second-order valence-corrected chi connectivity index (χ2v) is 2.76. The standard InChI is InChI=1S/C7H9N3S/c1-2-6-5-11-7(10-6)9-4-3-8/h1,5H,3-4,8H2,(H,9,10). The van der Waals surface area contributed by atoms with Gasteiger partial charge in [0.05, 0.1) is 0 Å². The molecule has 4 heteroatoms. The molecule has 0 amide bonds. The Balaban J connectivity index is 2.53. The summed E-state index contributed by atoms with van der Waals surface area (Å²) in [6.07, 6.45) is 5.13. The van der Waals surface area contributed by atoms with Gasteiger partial charge in [0, 0.05) is 18.5 Å². The van der Waals surface area contributed by atoms with Gasteiger partial charge in [0.1, 0.15) is 5.69 Å². The molecule has 1 heterocycles. The third kappa shape index (κ3) is 2.22. The molecule has 3 nitrogen and oxygen atoms in total. The highest BCUT2D eigenvalue weighted by atomic mass is 32.1. The SMILES string of the molecule is C#Cc1csc(NCCN)n1. The molecule has 58 valence electrons. The molecule has 1 aromatic heterocycles. The molecule has 0 unspecified atom stereocenters. The molecule has 0 saturated carbocycles. The fourth-order valence-electron chi connectivity index (χ4n) is 0.600. The van der Waals surface area contributed by atoms with Crippen LogP contribution >= 0.6 is 11.3 Å². The summed E-state index contributed by atoms with van der Waals surface area (Å²) in [5.41, 5.74) is 5.97. The van der Waals surface area contributed by atoms with Crippen molar-refractivity contribution in [2.75, 3.05) is 18.4 Å². The Kier molecular flexibility index (Phi) is 2.90. The highest BCUT2D eigenvalue weighted by molar-refractivity contribution is 7.13. The molecule has 0 aromatic carbocycles. The van der Waals surface area contributed by atoms with Crippen LogP contribution in [-0.2, 0) is 0 Å². The van der Waals surface area contributed by atoms with Crippen molar-refractivity contribution in [1.82, 2.24) is 4.98 Å². The Hall–Kier alpha value is -1.05. The van der Waals surface area contributed by atoms with Crippen LogP contribution in [0.15, 0.2) is 5.38 Å². The van der Waals surface area contributed by atoms with Crippen molar-refractivity contribution in [1.29, 1.82) is 0 Å². The molecule has 3 N–H and O–H groups in total. The molecular formula is C7H9N3S.